The van der Waals surface area contributed by atoms with Crippen molar-refractivity contribution in [2.45, 2.75) is 47.8 Å². The van der Waals surface area contributed by atoms with Gasteiger partial charge in [0.2, 0.25) is 9.79 Å². The Morgan fingerprint density at radius 2 is 1.30 bits per heavy atom. The van der Waals surface area contributed by atoms with Crippen LogP contribution in [0, 0.1) is 16.7 Å². The summed E-state index contributed by atoms with van der Waals surface area (Å²) in [6, 6.07) is 16.4. The molecule has 2 bridgehead atoms. The first-order valence-corrected chi connectivity index (χ1v) is 17.2. The smallest absolute Gasteiger partial charge is 0.203 e. The second-order valence-electron chi connectivity index (χ2n) is 10.4. The van der Waals surface area contributed by atoms with Gasteiger partial charge in [0.25, 0.3) is 0 Å². The standard InChI is InChI=1S/C18H9Cl6S.C10H16O4S/c19-10-6-13(21)17(14(22)7-10)25(12-4-2-1-3-5-12)18-15(23)8-11(20)9-16(18)24;1-9(2)7-3-4-10(9,8(11)5-7)6-15(12,13)14/h1-9H;7H,3-6H2,1-2H3,(H,12,13,14)/q+1;/p-1. The van der Waals surface area contributed by atoms with Crippen molar-refractivity contribution in [3.8, 4) is 0 Å². The topological polar surface area (TPSA) is 74.3 Å². The summed E-state index contributed by atoms with van der Waals surface area (Å²) < 4.78 is 32.7. The quantitative estimate of drug-likeness (QED) is 0.196. The predicted octanol–water partition coefficient (Wildman–Crippen LogP) is 9.63. The van der Waals surface area contributed by atoms with Crippen LogP contribution in [0.2, 0.25) is 30.1 Å². The minimum atomic E-state index is -4.33. The molecule has 0 heterocycles. The fraction of sp³-hybridized carbons (Fsp3) is 0.321. The highest BCUT2D eigenvalue weighted by Crippen LogP contribution is 2.64. The maximum Gasteiger partial charge on any atom is 0.203 e. The van der Waals surface area contributed by atoms with Crippen molar-refractivity contribution >= 4 is 96.4 Å². The van der Waals surface area contributed by atoms with E-state index in [0.717, 1.165) is 11.3 Å². The van der Waals surface area contributed by atoms with Crippen molar-refractivity contribution in [2.24, 2.45) is 16.7 Å². The molecular formula is C28H24Cl6O4S2. The molecule has 2 atom stereocenters. The Labute approximate surface area is 267 Å². The molecule has 2 unspecified atom stereocenters. The van der Waals surface area contributed by atoms with Gasteiger partial charge >= 0.3 is 0 Å². The summed E-state index contributed by atoms with van der Waals surface area (Å²) >= 11 is 38.1. The monoisotopic (exact) mass is 698 g/mol. The van der Waals surface area contributed by atoms with E-state index in [4.69, 9.17) is 69.6 Å². The number of carbonyl (C=O) groups excluding carboxylic acids is 1. The van der Waals surface area contributed by atoms with Gasteiger partial charge in [-0.05, 0) is 60.6 Å². The molecule has 0 saturated heterocycles. The van der Waals surface area contributed by atoms with E-state index in [1.807, 2.05) is 44.2 Å². The first-order chi connectivity index (χ1) is 18.6. The summed E-state index contributed by atoms with van der Waals surface area (Å²) in [5, 5.41) is 2.73. The first kappa shape index (κ1) is 32.2. The van der Waals surface area contributed by atoms with Crippen LogP contribution >= 0.6 is 69.6 Å². The molecule has 2 aliphatic carbocycles. The minimum absolute atomic E-state index is 0.0248. The molecule has 0 aromatic heterocycles. The third kappa shape index (κ3) is 6.31. The number of benzene rings is 3. The average molecular weight is 701 g/mol. The second kappa shape index (κ2) is 12.1. The minimum Gasteiger partial charge on any atom is -0.748 e. The molecule has 2 fully saturated rings. The van der Waals surface area contributed by atoms with Crippen molar-refractivity contribution in [3.05, 3.63) is 84.7 Å². The molecule has 4 nitrogen and oxygen atoms in total. The van der Waals surface area contributed by atoms with E-state index in [1.54, 1.807) is 24.3 Å². The molecule has 0 N–H and O–H groups in total. The highest BCUT2D eigenvalue weighted by atomic mass is 35.5. The van der Waals surface area contributed by atoms with Crippen LogP contribution in [0.25, 0.3) is 0 Å². The van der Waals surface area contributed by atoms with Crippen LogP contribution < -0.4 is 0 Å². The van der Waals surface area contributed by atoms with Crippen LogP contribution in [0.15, 0.2) is 69.3 Å². The van der Waals surface area contributed by atoms with Crippen LogP contribution in [0.4, 0.5) is 0 Å². The summed E-state index contributed by atoms with van der Waals surface area (Å²) in [4.78, 5) is 14.2. The molecule has 0 aliphatic heterocycles. The largest absolute Gasteiger partial charge is 0.748 e. The molecule has 0 radical (unpaired) electrons. The summed E-state index contributed by atoms with van der Waals surface area (Å²) in [6.45, 7) is 3.83. The third-order valence-electron chi connectivity index (χ3n) is 7.88. The number of carbonyl (C=O) groups is 1. The first-order valence-electron chi connectivity index (χ1n) is 12.1. The van der Waals surface area contributed by atoms with Crippen molar-refractivity contribution in [1.82, 2.24) is 0 Å². The molecule has 214 valence electrons. The molecule has 12 heteroatoms. The summed E-state index contributed by atoms with van der Waals surface area (Å²) in [7, 11) is -5.05. The zero-order chi connectivity index (χ0) is 29.6. The van der Waals surface area contributed by atoms with E-state index in [1.165, 1.54) is 0 Å². The average Bonchev–Trinajstić information content (AvgIpc) is 3.16. The van der Waals surface area contributed by atoms with E-state index in [-0.39, 0.29) is 17.1 Å². The number of hydrogen-bond donors (Lipinski definition) is 0. The Balaban J connectivity index is 0.000000210. The lowest BCUT2D eigenvalue weighted by Gasteiger charge is -2.37. The van der Waals surface area contributed by atoms with Crippen molar-refractivity contribution < 1.29 is 17.8 Å². The summed E-state index contributed by atoms with van der Waals surface area (Å²) in [6.07, 6.45) is 1.88. The molecule has 0 amide bonds. The van der Waals surface area contributed by atoms with Gasteiger partial charge in [0, 0.05) is 21.9 Å². The van der Waals surface area contributed by atoms with Crippen LogP contribution in [0.3, 0.4) is 0 Å². The van der Waals surface area contributed by atoms with E-state index < -0.39 is 32.2 Å². The van der Waals surface area contributed by atoms with E-state index in [9.17, 15) is 17.8 Å². The predicted molar refractivity (Wildman–Crippen MR) is 165 cm³/mol. The maximum atomic E-state index is 11.8. The van der Waals surface area contributed by atoms with Crippen molar-refractivity contribution in [1.29, 1.82) is 0 Å². The number of rotatable bonds is 5. The molecule has 0 spiro atoms. The number of fused-ring (bicyclic) bond motifs is 2. The lowest BCUT2D eigenvalue weighted by Crippen LogP contribution is -2.42. The number of Topliss-reactive ketones (excluding diaryl/α,β-unsaturated/α-hetero) is 1. The SMILES string of the molecule is CC1(C)C2CCC1(CS(=O)(=O)[O-])C(=O)C2.Clc1cc(Cl)c([S+](c2ccccc2)c2c(Cl)cc(Cl)cc2Cl)c(Cl)c1. The van der Waals surface area contributed by atoms with Gasteiger partial charge < -0.3 is 4.55 Å². The Kier molecular flexibility index (Phi) is 9.79. The number of halogens is 6. The molecule has 3 aromatic carbocycles. The molecule has 2 saturated carbocycles. The molecule has 40 heavy (non-hydrogen) atoms. The van der Waals surface area contributed by atoms with Crippen LogP contribution in [-0.4, -0.2) is 24.5 Å². The Hall–Kier alpha value is -0.670. The zero-order valence-corrected chi connectivity index (χ0v) is 27.5. The maximum absolute atomic E-state index is 11.8. The van der Waals surface area contributed by atoms with Gasteiger partial charge in [0.05, 0.1) is 36.0 Å². The number of ketones is 1. The van der Waals surface area contributed by atoms with Gasteiger partial charge in [0.15, 0.2) is 4.90 Å². The van der Waals surface area contributed by atoms with Crippen LogP contribution in [0.1, 0.15) is 33.1 Å². The Morgan fingerprint density at radius 3 is 1.65 bits per heavy atom. The third-order valence-corrected chi connectivity index (χ3v) is 13.2. The lowest BCUT2D eigenvalue weighted by atomic mass is 9.70. The van der Waals surface area contributed by atoms with Crippen LogP contribution in [-0.2, 0) is 25.8 Å². The van der Waals surface area contributed by atoms with Gasteiger partial charge in [-0.15, -0.1) is 0 Å². The highest BCUT2D eigenvalue weighted by Gasteiger charge is 2.64. The Bertz CT molecular complexity index is 1460. The highest BCUT2D eigenvalue weighted by molar-refractivity contribution is 7.97. The summed E-state index contributed by atoms with van der Waals surface area (Å²) in [5.41, 5.74) is -1.22. The Morgan fingerprint density at radius 1 is 0.850 bits per heavy atom. The fourth-order valence-corrected chi connectivity index (χ4v) is 11.7. The van der Waals surface area contributed by atoms with Gasteiger partial charge in [-0.3, -0.25) is 4.79 Å². The van der Waals surface area contributed by atoms with Gasteiger partial charge in [0.1, 0.15) is 16.7 Å². The van der Waals surface area contributed by atoms with Gasteiger partial charge in [-0.2, -0.15) is 0 Å². The van der Waals surface area contributed by atoms with Gasteiger partial charge in [-0.1, -0.05) is 102 Å². The zero-order valence-electron chi connectivity index (χ0n) is 21.3. The van der Waals surface area contributed by atoms with Crippen molar-refractivity contribution in [3.63, 3.8) is 0 Å². The second-order valence-corrected chi connectivity index (χ2v) is 16.2. The van der Waals surface area contributed by atoms with E-state index >= 15 is 0 Å². The number of hydrogen-bond acceptors (Lipinski definition) is 4. The normalized spacial score (nSPS) is 21.4. The summed E-state index contributed by atoms with van der Waals surface area (Å²) in [5.74, 6) is -0.280. The lowest BCUT2D eigenvalue weighted by molar-refractivity contribution is -0.128. The van der Waals surface area contributed by atoms with Crippen molar-refractivity contribution in [2.75, 3.05) is 5.75 Å². The molecule has 3 aromatic rings. The molecular weight excluding hydrogens is 677 g/mol. The van der Waals surface area contributed by atoms with E-state index in [0.29, 0.717) is 52.8 Å². The van der Waals surface area contributed by atoms with E-state index in [2.05, 4.69) is 0 Å². The van der Waals surface area contributed by atoms with Gasteiger partial charge in [-0.25, -0.2) is 8.42 Å². The van der Waals surface area contributed by atoms with Crippen LogP contribution in [0.5, 0.6) is 0 Å². The fourth-order valence-electron chi connectivity index (χ4n) is 5.75. The molecule has 5 rings (SSSR count). The molecule has 2 aliphatic rings.